The summed E-state index contributed by atoms with van der Waals surface area (Å²) in [6.07, 6.45) is 2.35. The maximum Gasteiger partial charge on any atom is 0.262 e. The van der Waals surface area contributed by atoms with Gasteiger partial charge in [0.25, 0.3) is 5.91 Å². The average Bonchev–Trinajstić information content (AvgIpc) is 3.41. The Balaban J connectivity index is 1.61. The molecule has 1 aliphatic heterocycles. The van der Waals surface area contributed by atoms with Crippen LogP contribution in [0.15, 0.2) is 52.8 Å². The summed E-state index contributed by atoms with van der Waals surface area (Å²) in [7, 11) is 0. The Morgan fingerprint density at radius 3 is 2.93 bits per heavy atom. The van der Waals surface area contributed by atoms with Gasteiger partial charge < -0.3 is 14.6 Å². The number of fused-ring (bicyclic) bond motifs is 1. The van der Waals surface area contributed by atoms with Gasteiger partial charge in [-0.25, -0.2) is 4.99 Å². The van der Waals surface area contributed by atoms with Crippen molar-refractivity contribution in [1.82, 2.24) is 4.57 Å². The van der Waals surface area contributed by atoms with Crippen molar-refractivity contribution in [1.29, 1.82) is 0 Å². The average molecular weight is 377 g/mol. The molecule has 1 saturated carbocycles. The molecule has 2 heterocycles. The smallest absolute Gasteiger partial charge is 0.262 e. The molecular formula is C21H19N3O2S. The molecule has 0 saturated heterocycles. The second kappa shape index (κ2) is 6.39. The molecule has 1 N–H and O–H groups in total. The molecule has 0 spiro atoms. The first-order valence-electron chi connectivity index (χ1n) is 9.06. The van der Waals surface area contributed by atoms with E-state index >= 15 is 0 Å². The van der Waals surface area contributed by atoms with Crippen LogP contribution in [0.5, 0.6) is 5.75 Å². The first kappa shape index (κ1) is 16.3. The van der Waals surface area contributed by atoms with Crippen LogP contribution in [0.25, 0.3) is 11.3 Å². The summed E-state index contributed by atoms with van der Waals surface area (Å²) in [6, 6.07) is 14.7. The van der Waals surface area contributed by atoms with Gasteiger partial charge in [-0.15, -0.1) is 11.3 Å². The summed E-state index contributed by atoms with van der Waals surface area (Å²) in [4.78, 5) is 17.5. The standard InChI is InChI=1S/C21H19N3O2S/c1-13-3-2-4-15(9-13)22-21-24(16-6-7-16)18(12-27-21)14-5-8-19-17(10-14)23-20(25)11-26-19/h2-5,8-10,12,16H,6-7,11H2,1H3,(H,23,25). The Labute approximate surface area is 161 Å². The molecule has 0 atom stereocenters. The lowest BCUT2D eigenvalue weighted by atomic mass is 10.1. The predicted octanol–water partition coefficient (Wildman–Crippen LogP) is 4.42. The molecule has 5 nitrogen and oxygen atoms in total. The van der Waals surface area contributed by atoms with E-state index in [0.717, 1.165) is 33.2 Å². The van der Waals surface area contributed by atoms with E-state index in [1.54, 1.807) is 11.3 Å². The molecule has 1 fully saturated rings. The number of carbonyl (C=O) groups excluding carboxylic acids is 1. The van der Waals surface area contributed by atoms with Crippen molar-refractivity contribution in [3.8, 4) is 17.0 Å². The number of rotatable bonds is 3. The van der Waals surface area contributed by atoms with Crippen LogP contribution < -0.4 is 14.9 Å². The third kappa shape index (κ3) is 3.17. The van der Waals surface area contributed by atoms with Crippen LogP contribution >= 0.6 is 11.3 Å². The number of aromatic nitrogens is 1. The van der Waals surface area contributed by atoms with Gasteiger partial charge in [0.15, 0.2) is 11.4 Å². The zero-order valence-corrected chi connectivity index (χ0v) is 15.8. The highest BCUT2D eigenvalue weighted by molar-refractivity contribution is 7.07. The summed E-state index contributed by atoms with van der Waals surface area (Å²) in [5, 5.41) is 5.05. The summed E-state index contributed by atoms with van der Waals surface area (Å²) >= 11 is 1.66. The number of hydrogen-bond donors (Lipinski definition) is 1. The number of ether oxygens (including phenoxy) is 1. The fourth-order valence-electron chi connectivity index (χ4n) is 3.35. The number of nitrogens with zero attached hydrogens (tertiary/aromatic N) is 2. The zero-order chi connectivity index (χ0) is 18.4. The van der Waals surface area contributed by atoms with Gasteiger partial charge in [0.2, 0.25) is 0 Å². The number of amides is 1. The van der Waals surface area contributed by atoms with E-state index in [4.69, 9.17) is 9.73 Å². The molecule has 3 aromatic rings. The van der Waals surface area contributed by atoms with Gasteiger partial charge in [-0.05, 0) is 55.7 Å². The number of anilines is 1. The van der Waals surface area contributed by atoms with Crippen molar-refractivity contribution in [2.45, 2.75) is 25.8 Å². The van der Waals surface area contributed by atoms with Crippen molar-refractivity contribution in [2.24, 2.45) is 4.99 Å². The molecule has 0 bridgehead atoms. The minimum Gasteiger partial charge on any atom is -0.482 e. The first-order chi connectivity index (χ1) is 13.2. The number of benzene rings is 2. The Hall–Kier alpha value is -2.86. The molecule has 136 valence electrons. The topological polar surface area (TPSA) is 55.6 Å². The summed E-state index contributed by atoms with van der Waals surface area (Å²) in [5.41, 5.74) is 5.11. The lowest BCUT2D eigenvalue weighted by Crippen LogP contribution is -2.25. The predicted molar refractivity (Wildman–Crippen MR) is 107 cm³/mol. The van der Waals surface area contributed by atoms with E-state index in [0.29, 0.717) is 6.04 Å². The summed E-state index contributed by atoms with van der Waals surface area (Å²) in [5.74, 6) is 0.603. The van der Waals surface area contributed by atoms with E-state index in [9.17, 15) is 4.79 Å². The molecule has 0 radical (unpaired) electrons. The molecule has 27 heavy (non-hydrogen) atoms. The summed E-state index contributed by atoms with van der Waals surface area (Å²) in [6.45, 7) is 2.16. The van der Waals surface area contributed by atoms with E-state index in [1.807, 2.05) is 30.3 Å². The quantitative estimate of drug-likeness (QED) is 0.734. The van der Waals surface area contributed by atoms with Gasteiger partial charge >= 0.3 is 0 Å². The molecule has 2 aliphatic rings. The van der Waals surface area contributed by atoms with Crippen molar-refractivity contribution in [3.05, 3.63) is 58.2 Å². The Bertz CT molecular complexity index is 1110. The largest absolute Gasteiger partial charge is 0.482 e. The molecule has 1 amide bonds. The second-order valence-electron chi connectivity index (χ2n) is 7.00. The number of hydrogen-bond acceptors (Lipinski definition) is 4. The highest BCUT2D eigenvalue weighted by Crippen LogP contribution is 2.40. The fourth-order valence-corrected chi connectivity index (χ4v) is 4.33. The molecule has 0 unspecified atom stereocenters. The van der Waals surface area contributed by atoms with Crippen molar-refractivity contribution in [3.63, 3.8) is 0 Å². The lowest BCUT2D eigenvalue weighted by Gasteiger charge is -2.19. The number of nitrogens with one attached hydrogen (secondary N) is 1. The fraction of sp³-hybridized carbons (Fsp3) is 0.238. The molecule has 5 rings (SSSR count). The van der Waals surface area contributed by atoms with E-state index < -0.39 is 0 Å². The van der Waals surface area contributed by atoms with Gasteiger partial charge in [-0.1, -0.05) is 12.1 Å². The number of carbonyl (C=O) groups is 1. The molecular weight excluding hydrogens is 358 g/mol. The van der Waals surface area contributed by atoms with E-state index in [1.165, 1.54) is 18.4 Å². The normalized spacial score (nSPS) is 16.6. The number of thiazole rings is 1. The second-order valence-corrected chi connectivity index (χ2v) is 7.84. The molecule has 1 aromatic heterocycles. The van der Waals surface area contributed by atoms with Gasteiger partial charge in [0, 0.05) is 17.0 Å². The molecule has 2 aromatic carbocycles. The minimum absolute atomic E-state index is 0.0758. The maximum atomic E-state index is 11.6. The highest BCUT2D eigenvalue weighted by Gasteiger charge is 2.28. The van der Waals surface area contributed by atoms with Gasteiger partial charge in [-0.2, -0.15) is 0 Å². The van der Waals surface area contributed by atoms with Crippen LogP contribution in [0.3, 0.4) is 0 Å². The van der Waals surface area contributed by atoms with Gasteiger partial charge in [-0.3, -0.25) is 4.79 Å². The van der Waals surface area contributed by atoms with Crippen LogP contribution in [-0.2, 0) is 4.79 Å². The lowest BCUT2D eigenvalue weighted by molar-refractivity contribution is -0.118. The third-order valence-corrected chi connectivity index (χ3v) is 5.63. The van der Waals surface area contributed by atoms with Gasteiger partial charge in [0.1, 0.15) is 5.75 Å². The Morgan fingerprint density at radius 1 is 1.22 bits per heavy atom. The van der Waals surface area contributed by atoms with Crippen LogP contribution in [0.4, 0.5) is 11.4 Å². The summed E-state index contributed by atoms with van der Waals surface area (Å²) < 4.78 is 7.81. The van der Waals surface area contributed by atoms with Crippen LogP contribution in [0.1, 0.15) is 24.4 Å². The van der Waals surface area contributed by atoms with E-state index in [2.05, 4.69) is 34.3 Å². The first-order valence-corrected chi connectivity index (χ1v) is 9.94. The van der Waals surface area contributed by atoms with E-state index in [-0.39, 0.29) is 12.5 Å². The highest BCUT2D eigenvalue weighted by atomic mass is 32.1. The van der Waals surface area contributed by atoms with Gasteiger partial charge in [0.05, 0.1) is 17.1 Å². The SMILES string of the molecule is Cc1cccc(N=c2scc(-c3ccc4c(c3)NC(=O)CO4)n2C2CC2)c1. The van der Waals surface area contributed by atoms with Crippen molar-refractivity contribution in [2.75, 3.05) is 11.9 Å². The Kier molecular flexibility index (Phi) is 3.86. The third-order valence-electron chi connectivity index (χ3n) is 4.79. The number of aryl methyl sites for hydroxylation is 1. The van der Waals surface area contributed by atoms with Crippen LogP contribution in [0, 0.1) is 6.92 Å². The van der Waals surface area contributed by atoms with Crippen LogP contribution in [0.2, 0.25) is 0 Å². The van der Waals surface area contributed by atoms with Crippen molar-refractivity contribution >= 4 is 28.6 Å². The molecule has 1 aliphatic carbocycles. The minimum atomic E-state index is -0.116. The Morgan fingerprint density at radius 2 is 2.11 bits per heavy atom. The maximum absolute atomic E-state index is 11.6. The monoisotopic (exact) mass is 377 g/mol. The van der Waals surface area contributed by atoms with Crippen molar-refractivity contribution < 1.29 is 9.53 Å². The zero-order valence-electron chi connectivity index (χ0n) is 14.9. The van der Waals surface area contributed by atoms with Crippen LogP contribution in [-0.4, -0.2) is 17.1 Å². The molecule has 6 heteroatoms.